The van der Waals surface area contributed by atoms with Gasteiger partial charge in [-0.25, -0.2) is 0 Å². The monoisotopic (exact) mass is 255 g/mol. The number of thiophene rings is 1. The number of nitrogens with zero attached hydrogens (tertiary/aromatic N) is 1. The summed E-state index contributed by atoms with van der Waals surface area (Å²) in [5, 5.41) is 14.2. The molecule has 0 aromatic carbocycles. The summed E-state index contributed by atoms with van der Waals surface area (Å²) in [5.74, 6) is 0.631. The van der Waals surface area contributed by atoms with E-state index in [-0.39, 0.29) is 6.10 Å². The van der Waals surface area contributed by atoms with Gasteiger partial charge in [0.1, 0.15) is 0 Å². The maximum absolute atomic E-state index is 9.78. The van der Waals surface area contributed by atoms with Crippen molar-refractivity contribution in [2.75, 3.05) is 26.8 Å². The van der Waals surface area contributed by atoms with Crippen LogP contribution in [0.5, 0.6) is 0 Å². The number of rotatable bonds is 5. The van der Waals surface area contributed by atoms with E-state index in [1.54, 1.807) is 18.4 Å². The quantitative estimate of drug-likeness (QED) is 0.872. The Bertz CT molecular complexity index is 328. The highest BCUT2D eigenvalue weighted by atomic mass is 32.1. The maximum atomic E-state index is 9.78. The maximum Gasteiger partial charge on any atom is 0.0900 e. The van der Waals surface area contributed by atoms with Gasteiger partial charge in [0.2, 0.25) is 0 Å². The number of hydrogen-bond donors (Lipinski definition) is 1. The van der Waals surface area contributed by atoms with Crippen LogP contribution in [0.3, 0.4) is 0 Å². The molecule has 1 aliphatic heterocycles. The van der Waals surface area contributed by atoms with E-state index < -0.39 is 0 Å². The van der Waals surface area contributed by atoms with E-state index >= 15 is 0 Å². The summed E-state index contributed by atoms with van der Waals surface area (Å²) < 4.78 is 4.97. The number of aliphatic hydroxyl groups is 1. The fourth-order valence-corrected chi connectivity index (χ4v) is 3.36. The Hall–Kier alpha value is -0.420. The van der Waals surface area contributed by atoms with Crippen LogP contribution in [0.4, 0.5) is 0 Å². The van der Waals surface area contributed by atoms with Crippen LogP contribution in [0.25, 0.3) is 0 Å². The van der Waals surface area contributed by atoms with Gasteiger partial charge < -0.3 is 9.84 Å². The van der Waals surface area contributed by atoms with Gasteiger partial charge in [0.25, 0.3) is 0 Å². The van der Waals surface area contributed by atoms with Crippen LogP contribution < -0.4 is 0 Å². The van der Waals surface area contributed by atoms with Gasteiger partial charge in [-0.2, -0.15) is 11.3 Å². The highest BCUT2D eigenvalue weighted by Crippen LogP contribution is 2.32. The van der Waals surface area contributed by atoms with Crippen molar-refractivity contribution in [3.8, 4) is 0 Å². The van der Waals surface area contributed by atoms with Crippen LogP contribution in [0.1, 0.15) is 24.8 Å². The first-order valence-electron chi connectivity index (χ1n) is 6.14. The molecule has 1 fully saturated rings. The van der Waals surface area contributed by atoms with Crippen LogP contribution in [0, 0.1) is 0 Å². The van der Waals surface area contributed by atoms with Crippen LogP contribution >= 0.6 is 11.3 Å². The molecule has 2 rings (SSSR count). The Kier molecular flexibility index (Phi) is 4.56. The van der Waals surface area contributed by atoms with Gasteiger partial charge in [-0.1, -0.05) is 0 Å². The molecule has 1 aromatic rings. The second kappa shape index (κ2) is 5.96. The van der Waals surface area contributed by atoms with Gasteiger partial charge in [-0.15, -0.1) is 0 Å². The molecule has 1 saturated heterocycles. The summed E-state index contributed by atoms with van der Waals surface area (Å²) in [5.41, 5.74) is 1.45. The first kappa shape index (κ1) is 13.0. The van der Waals surface area contributed by atoms with Crippen molar-refractivity contribution < 1.29 is 9.84 Å². The SMILES string of the molecule is COC[C@H](O)CN1C[C@H](c2ccsc2)C[C@H]1C. The molecule has 3 nitrogen and oxygen atoms in total. The largest absolute Gasteiger partial charge is 0.389 e. The molecule has 0 spiro atoms. The Balaban J connectivity index is 1.89. The molecule has 3 atom stereocenters. The lowest BCUT2D eigenvalue weighted by molar-refractivity contribution is 0.0360. The molecule has 0 amide bonds. The van der Waals surface area contributed by atoms with Crippen LogP contribution in [-0.2, 0) is 4.74 Å². The number of methoxy groups -OCH3 is 1. The van der Waals surface area contributed by atoms with Gasteiger partial charge in [-0.3, -0.25) is 4.90 Å². The summed E-state index contributed by atoms with van der Waals surface area (Å²) in [6.45, 7) is 4.44. The van der Waals surface area contributed by atoms with E-state index in [1.165, 1.54) is 12.0 Å². The van der Waals surface area contributed by atoms with Crippen molar-refractivity contribution in [1.82, 2.24) is 4.90 Å². The van der Waals surface area contributed by atoms with Crippen molar-refractivity contribution in [3.63, 3.8) is 0 Å². The molecule has 2 heterocycles. The molecule has 0 bridgehead atoms. The number of β-amino-alcohol motifs (C(OH)–C–C–N with tert-alkyl or cyclic N) is 1. The van der Waals surface area contributed by atoms with Gasteiger partial charge in [0, 0.05) is 26.2 Å². The normalized spacial score (nSPS) is 27.5. The molecule has 0 unspecified atom stereocenters. The molecule has 96 valence electrons. The van der Waals surface area contributed by atoms with Gasteiger partial charge in [0.05, 0.1) is 12.7 Å². The van der Waals surface area contributed by atoms with E-state index in [4.69, 9.17) is 4.74 Å². The van der Waals surface area contributed by atoms with Crippen LogP contribution in [0.15, 0.2) is 16.8 Å². The number of likely N-dealkylation sites (tertiary alicyclic amines) is 1. The topological polar surface area (TPSA) is 32.7 Å². The first-order chi connectivity index (χ1) is 8.20. The highest BCUT2D eigenvalue weighted by molar-refractivity contribution is 7.07. The molecular formula is C13H21NO2S. The Labute approximate surface area is 107 Å². The molecule has 1 N–H and O–H groups in total. The third-order valence-corrected chi connectivity index (χ3v) is 4.22. The van der Waals surface area contributed by atoms with Crippen molar-refractivity contribution in [2.45, 2.75) is 31.4 Å². The van der Waals surface area contributed by atoms with Crippen LogP contribution in [-0.4, -0.2) is 49.0 Å². The molecule has 1 aliphatic rings. The zero-order valence-electron chi connectivity index (χ0n) is 10.5. The average molecular weight is 255 g/mol. The number of aliphatic hydroxyl groups excluding tert-OH is 1. The van der Waals surface area contributed by atoms with E-state index in [1.807, 2.05) is 0 Å². The fourth-order valence-electron chi connectivity index (χ4n) is 2.62. The van der Waals surface area contributed by atoms with Crippen molar-refractivity contribution >= 4 is 11.3 Å². The summed E-state index contributed by atoms with van der Waals surface area (Å²) in [6.07, 6.45) is 0.819. The minimum Gasteiger partial charge on any atom is -0.389 e. The molecule has 0 radical (unpaired) electrons. The highest BCUT2D eigenvalue weighted by Gasteiger charge is 2.31. The lowest BCUT2D eigenvalue weighted by Crippen LogP contribution is -2.36. The summed E-state index contributed by atoms with van der Waals surface area (Å²) >= 11 is 1.76. The fraction of sp³-hybridized carbons (Fsp3) is 0.692. The van der Waals surface area contributed by atoms with E-state index in [2.05, 4.69) is 28.7 Å². The van der Waals surface area contributed by atoms with E-state index in [0.717, 1.165) is 13.1 Å². The smallest absolute Gasteiger partial charge is 0.0900 e. The van der Waals surface area contributed by atoms with E-state index in [0.29, 0.717) is 18.6 Å². The second-order valence-corrected chi connectivity index (χ2v) is 5.68. The third kappa shape index (κ3) is 3.28. The summed E-state index contributed by atoms with van der Waals surface area (Å²) in [6, 6.07) is 2.77. The van der Waals surface area contributed by atoms with Gasteiger partial charge in [0.15, 0.2) is 0 Å². The Morgan fingerprint density at radius 1 is 1.65 bits per heavy atom. The van der Waals surface area contributed by atoms with Gasteiger partial charge in [-0.05, 0) is 41.7 Å². The standard InChI is InChI=1S/C13H21NO2S/c1-10-5-12(11-3-4-17-9-11)6-14(10)7-13(15)8-16-2/h3-4,9-10,12-13,15H,5-8H2,1-2H3/t10-,12-,13-/m1/s1. The lowest BCUT2D eigenvalue weighted by Gasteiger charge is -2.23. The van der Waals surface area contributed by atoms with E-state index in [9.17, 15) is 5.11 Å². The van der Waals surface area contributed by atoms with Crippen molar-refractivity contribution in [1.29, 1.82) is 0 Å². The molecular weight excluding hydrogens is 234 g/mol. The minimum atomic E-state index is -0.372. The summed E-state index contributed by atoms with van der Waals surface area (Å²) in [7, 11) is 1.63. The minimum absolute atomic E-state index is 0.372. The Morgan fingerprint density at radius 2 is 2.47 bits per heavy atom. The molecule has 4 heteroatoms. The number of hydrogen-bond acceptors (Lipinski definition) is 4. The third-order valence-electron chi connectivity index (χ3n) is 3.52. The lowest BCUT2D eigenvalue weighted by atomic mass is 10.00. The zero-order chi connectivity index (χ0) is 12.3. The number of ether oxygens (including phenoxy) is 1. The summed E-state index contributed by atoms with van der Waals surface area (Å²) in [4.78, 5) is 2.37. The van der Waals surface area contributed by atoms with Gasteiger partial charge >= 0.3 is 0 Å². The molecule has 0 aliphatic carbocycles. The zero-order valence-corrected chi connectivity index (χ0v) is 11.3. The second-order valence-electron chi connectivity index (χ2n) is 4.90. The molecule has 17 heavy (non-hydrogen) atoms. The molecule has 0 saturated carbocycles. The average Bonchev–Trinajstić information content (AvgIpc) is 2.89. The van der Waals surface area contributed by atoms with Crippen LogP contribution in [0.2, 0.25) is 0 Å². The molecule has 1 aromatic heterocycles. The van der Waals surface area contributed by atoms with Crippen molar-refractivity contribution in [3.05, 3.63) is 22.4 Å². The predicted octanol–water partition coefficient (Wildman–Crippen LogP) is 1.93. The van der Waals surface area contributed by atoms with Crippen molar-refractivity contribution in [2.24, 2.45) is 0 Å². The predicted molar refractivity (Wildman–Crippen MR) is 70.6 cm³/mol. The Morgan fingerprint density at radius 3 is 3.12 bits per heavy atom. The first-order valence-corrected chi connectivity index (χ1v) is 7.08.